The lowest BCUT2D eigenvalue weighted by atomic mass is 10.2. The highest BCUT2D eigenvalue weighted by atomic mass is 35.5. The zero-order valence-corrected chi connectivity index (χ0v) is 12.5. The second-order valence-electron chi connectivity index (χ2n) is 4.37. The van der Waals surface area contributed by atoms with Gasteiger partial charge >= 0.3 is 0 Å². The number of halogens is 1. The minimum atomic E-state index is -0.140. The molecule has 20 heavy (non-hydrogen) atoms. The standard InChI is InChI=1S/C15H15ClN2OS/c1-10(13-7-8-14(16)20-13)18-15(19)9-4-11-2-5-12(17)6-3-11/h2-10H,17H2,1H3,(H,18,19)/b9-4+. The minimum Gasteiger partial charge on any atom is -0.399 e. The Kier molecular flexibility index (Phi) is 4.82. The number of anilines is 1. The number of nitrogens with one attached hydrogen (secondary N) is 1. The van der Waals surface area contributed by atoms with Gasteiger partial charge in [-0.05, 0) is 42.8 Å². The molecule has 0 bridgehead atoms. The average Bonchev–Trinajstić information content (AvgIpc) is 2.85. The number of hydrogen-bond donors (Lipinski definition) is 2. The lowest BCUT2D eigenvalue weighted by molar-refractivity contribution is -0.117. The van der Waals surface area contributed by atoms with Crippen LogP contribution in [0.25, 0.3) is 6.08 Å². The number of carbonyl (C=O) groups excluding carboxylic acids is 1. The monoisotopic (exact) mass is 306 g/mol. The van der Waals surface area contributed by atoms with Crippen LogP contribution in [0.2, 0.25) is 4.34 Å². The van der Waals surface area contributed by atoms with Gasteiger partial charge < -0.3 is 11.1 Å². The molecule has 1 unspecified atom stereocenters. The predicted molar refractivity (Wildman–Crippen MR) is 85.8 cm³/mol. The summed E-state index contributed by atoms with van der Waals surface area (Å²) in [5, 5.41) is 2.89. The van der Waals surface area contributed by atoms with Crippen molar-refractivity contribution in [3.8, 4) is 0 Å². The second-order valence-corrected chi connectivity index (χ2v) is 6.12. The molecule has 0 radical (unpaired) electrons. The number of thiophene rings is 1. The van der Waals surface area contributed by atoms with Crippen LogP contribution in [0.15, 0.2) is 42.5 Å². The molecule has 1 atom stereocenters. The van der Waals surface area contributed by atoms with Gasteiger partial charge in [0.1, 0.15) is 0 Å². The highest BCUT2D eigenvalue weighted by molar-refractivity contribution is 7.16. The third kappa shape index (κ3) is 4.11. The molecule has 5 heteroatoms. The number of amides is 1. The molecule has 2 aromatic rings. The Morgan fingerprint density at radius 2 is 2.00 bits per heavy atom. The van der Waals surface area contributed by atoms with Crippen LogP contribution in [0.5, 0.6) is 0 Å². The first-order valence-corrected chi connectivity index (χ1v) is 7.33. The molecule has 0 aliphatic carbocycles. The molecule has 3 N–H and O–H groups in total. The van der Waals surface area contributed by atoms with Crippen LogP contribution in [0.1, 0.15) is 23.4 Å². The molecule has 0 aliphatic heterocycles. The molecular weight excluding hydrogens is 292 g/mol. The lowest BCUT2D eigenvalue weighted by Gasteiger charge is -2.09. The van der Waals surface area contributed by atoms with Crippen LogP contribution in [0, 0.1) is 0 Å². The normalized spacial score (nSPS) is 12.5. The van der Waals surface area contributed by atoms with Gasteiger partial charge in [0, 0.05) is 16.6 Å². The van der Waals surface area contributed by atoms with Crippen LogP contribution >= 0.6 is 22.9 Å². The van der Waals surface area contributed by atoms with E-state index in [-0.39, 0.29) is 11.9 Å². The summed E-state index contributed by atoms with van der Waals surface area (Å²) in [6, 6.07) is 11.0. The van der Waals surface area contributed by atoms with E-state index in [4.69, 9.17) is 17.3 Å². The van der Waals surface area contributed by atoms with Crippen LogP contribution in [-0.2, 0) is 4.79 Å². The fraction of sp³-hybridized carbons (Fsp3) is 0.133. The summed E-state index contributed by atoms with van der Waals surface area (Å²) in [6.45, 7) is 1.93. The van der Waals surface area contributed by atoms with E-state index in [1.54, 1.807) is 18.2 Å². The van der Waals surface area contributed by atoms with Gasteiger partial charge in [-0.2, -0.15) is 0 Å². The summed E-state index contributed by atoms with van der Waals surface area (Å²) >= 11 is 7.34. The number of carbonyl (C=O) groups is 1. The molecule has 0 saturated heterocycles. The first-order valence-electron chi connectivity index (χ1n) is 6.14. The zero-order valence-electron chi connectivity index (χ0n) is 11.0. The number of rotatable bonds is 4. The van der Waals surface area contributed by atoms with Crippen molar-refractivity contribution < 1.29 is 4.79 Å². The molecular formula is C15H15ClN2OS. The van der Waals surface area contributed by atoms with Crippen molar-refractivity contribution in [3.05, 3.63) is 57.3 Å². The van der Waals surface area contributed by atoms with Crippen LogP contribution in [0.4, 0.5) is 5.69 Å². The van der Waals surface area contributed by atoms with Crippen LogP contribution < -0.4 is 11.1 Å². The van der Waals surface area contributed by atoms with Gasteiger partial charge in [-0.3, -0.25) is 4.79 Å². The van der Waals surface area contributed by atoms with Crippen LogP contribution in [-0.4, -0.2) is 5.91 Å². The van der Waals surface area contributed by atoms with Crippen molar-refractivity contribution >= 4 is 40.6 Å². The van der Waals surface area contributed by atoms with Gasteiger partial charge in [-0.15, -0.1) is 11.3 Å². The van der Waals surface area contributed by atoms with E-state index in [1.807, 2.05) is 31.2 Å². The van der Waals surface area contributed by atoms with Crippen molar-refractivity contribution in [1.29, 1.82) is 0 Å². The molecule has 0 aliphatic rings. The van der Waals surface area contributed by atoms with E-state index < -0.39 is 0 Å². The highest BCUT2D eigenvalue weighted by Gasteiger charge is 2.09. The Morgan fingerprint density at radius 1 is 1.30 bits per heavy atom. The Morgan fingerprint density at radius 3 is 2.60 bits per heavy atom. The molecule has 1 heterocycles. The summed E-state index contributed by atoms with van der Waals surface area (Å²) in [5.41, 5.74) is 7.24. The van der Waals surface area contributed by atoms with Gasteiger partial charge in [-0.25, -0.2) is 0 Å². The van der Waals surface area contributed by atoms with Gasteiger partial charge in [-0.1, -0.05) is 23.7 Å². The van der Waals surface area contributed by atoms with Crippen molar-refractivity contribution in [2.75, 3.05) is 5.73 Å². The maximum Gasteiger partial charge on any atom is 0.244 e. The van der Waals surface area contributed by atoms with Crippen molar-refractivity contribution in [3.63, 3.8) is 0 Å². The molecule has 0 spiro atoms. The maximum absolute atomic E-state index is 11.8. The SMILES string of the molecule is CC(NC(=O)/C=C/c1ccc(N)cc1)c1ccc(Cl)s1. The van der Waals surface area contributed by atoms with Crippen molar-refractivity contribution in [1.82, 2.24) is 5.32 Å². The fourth-order valence-electron chi connectivity index (χ4n) is 1.67. The number of nitrogens with two attached hydrogens (primary N) is 1. The average molecular weight is 307 g/mol. The minimum absolute atomic E-state index is 0.0592. The third-order valence-electron chi connectivity index (χ3n) is 2.74. The van der Waals surface area contributed by atoms with Gasteiger partial charge in [0.25, 0.3) is 0 Å². The van der Waals surface area contributed by atoms with E-state index in [2.05, 4.69) is 5.32 Å². The third-order valence-corrected chi connectivity index (χ3v) is 4.16. The first kappa shape index (κ1) is 14.6. The molecule has 3 nitrogen and oxygen atoms in total. The Balaban J connectivity index is 1.93. The van der Waals surface area contributed by atoms with E-state index in [9.17, 15) is 4.79 Å². The maximum atomic E-state index is 11.8. The molecule has 1 aromatic heterocycles. The summed E-state index contributed by atoms with van der Waals surface area (Å²) in [6.07, 6.45) is 3.26. The predicted octanol–water partition coefficient (Wildman–Crippen LogP) is 3.87. The molecule has 2 rings (SSSR count). The van der Waals surface area contributed by atoms with Crippen molar-refractivity contribution in [2.45, 2.75) is 13.0 Å². The van der Waals surface area contributed by atoms with Gasteiger partial charge in [0.15, 0.2) is 0 Å². The molecule has 1 amide bonds. The quantitative estimate of drug-likeness (QED) is 0.665. The largest absolute Gasteiger partial charge is 0.399 e. The number of benzene rings is 1. The Hall–Kier alpha value is -1.78. The van der Waals surface area contributed by atoms with Crippen LogP contribution in [0.3, 0.4) is 0 Å². The van der Waals surface area contributed by atoms with Crippen molar-refractivity contribution in [2.24, 2.45) is 0 Å². The van der Waals surface area contributed by atoms with Gasteiger partial charge in [0.05, 0.1) is 10.4 Å². The Bertz CT molecular complexity index is 619. The van der Waals surface area contributed by atoms with E-state index >= 15 is 0 Å². The highest BCUT2D eigenvalue weighted by Crippen LogP contribution is 2.26. The summed E-state index contributed by atoms with van der Waals surface area (Å²) in [4.78, 5) is 12.9. The van der Waals surface area contributed by atoms with E-state index in [0.29, 0.717) is 5.69 Å². The second kappa shape index (κ2) is 6.59. The summed E-state index contributed by atoms with van der Waals surface area (Å²) < 4.78 is 0.721. The van der Waals surface area contributed by atoms with E-state index in [1.165, 1.54) is 17.4 Å². The molecule has 0 saturated carbocycles. The fourth-order valence-corrected chi connectivity index (χ4v) is 2.74. The molecule has 104 valence electrons. The molecule has 0 fully saturated rings. The summed E-state index contributed by atoms with van der Waals surface area (Å²) in [5.74, 6) is -0.140. The number of nitrogen functional groups attached to an aromatic ring is 1. The Labute approximate surface area is 127 Å². The van der Waals surface area contributed by atoms with Gasteiger partial charge in [0.2, 0.25) is 5.91 Å². The smallest absolute Gasteiger partial charge is 0.244 e. The summed E-state index contributed by atoms with van der Waals surface area (Å²) in [7, 11) is 0. The lowest BCUT2D eigenvalue weighted by Crippen LogP contribution is -2.23. The zero-order chi connectivity index (χ0) is 14.5. The topological polar surface area (TPSA) is 55.1 Å². The van der Waals surface area contributed by atoms with E-state index in [0.717, 1.165) is 14.8 Å². The molecule has 1 aromatic carbocycles. The number of hydrogen-bond acceptors (Lipinski definition) is 3. The first-order chi connectivity index (χ1) is 9.54.